The van der Waals surface area contributed by atoms with E-state index in [1.807, 2.05) is 43.3 Å². The number of hydrogen-bond donors (Lipinski definition) is 2. The van der Waals surface area contributed by atoms with Gasteiger partial charge >= 0.3 is 0 Å². The van der Waals surface area contributed by atoms with Crippen molar-refractivity contribution in [2.75, 3.05) is 5.32 Å². The van der Waals surface area contributed by atoms with Crippen molar-refractivity contribution >= 4 is 27.3 Å². The first kappa shape index (κ1) is 11.9. The summed E-state index contributed by atoms with van der Waals surface area (Å²) in [5.41, 5.74) is 0.868. The molecule has 0 aliphatic heterocycles. The number of benzene rings is 2. The molecule has 2 N–H and O–H groups in total. The molecule has 1 heterocycles. The maximum Gasteiger partial charge on any atom is 0.130 e. The third kappa shape index (κ3) is 2.24. The molecular formula is C14H13N3OS. The lowest BCUT2D eigenvalue weighted by atomic mass is 10.0. The average molecular weight is 271 g/mol. The van der Waals surface area contributed by atoms with Crippen LogP contribution in [-0.4, -0.2) is 14.7 Å². The predicted octanol–water partition coefficient (Wildman–Crippen LogP) is 3.57. The quantitative estimate of drug-likeness (QED) is 0.764. The van der Waals surface area contributed by atoms with Gasteiger partial charge in [0.1, 0.15) is 10.8 Å². The van der Waals surface area contributed by atoms with E-state index in [-0.39, 0.29) is 6.04 Å². The second kappa shape index (κ2) is 4.85. The highest BCUT2D eigenvalue weighted by molar-refractivity contribution is 7.09. The number of fused-ring (bicyclic) bond motifs is 1. The average Bonchev–Trinajstić information content (AvgIpc) is 2.92. The van der Waals surface area contributed by atoms with Crippen LogP contribution in [-0.2, 0) is 0 Å². The first-order valence-electron chi connectivity index (χ1n) is 6.00. The molecule has 0 saturated carbocycles. The summed E-state index contributed by atoms with van der Waals surface area (Å²) in [6.45, 7) is 2.00. The highest BCUT2D eigenvalue weighted by Gasteiger charge is 2.13. The predicted molar refractivity (Wildman–Crippen MR) is 77.6 cm³/mol. The number of phenolic OH excluding ortho intramolecular Hbond substituents is 1. The van der Waals surface area contributed by atoms with E-state index >= 15 is 0 Å². The van der Waals surface area contributed by atoms with Gasteiger partial charge in [0, 0.05) is 22.5 Å². The van der Waals surface area contributed by atoms with Crippen molar-refractivity contribution in [3.05, 3.63) is 48.2 Å². The molecule has 0 aliphatic rings. The second-order valence-electron chi connectivity index (χ2n) is 4.37. The van der Waals surface area contributed by atoms with Gasteiger partial charge in [-0.2, -0.15) is 0 Å². The third-order valence-corrected chi connectivity index (χ3v) is 3.71. The molecule has 1 unspecified atom stereocenters. The molecule has 96 valence electrons. The summed E-state index contributed by atoms with van der Waals surface area (Å²) in [6, 6.07) is 11.8. The Balaban J connectivity index is 1.98. The van der Waals surface area contributed by atoms with E-state index in [1.54, 1.807) is 6.20 Å². The first-order valence-corrected chi connectivity index (χ1v) is 6.77. The summed E-state index contributed by atoms with van der Waals surface area (Å²) in [5, 5.41) is 20.2. The molecule has 0 fully saturated rings. The van der Waals surface area contributed by atoms with E-state index in [9.17, 15) is 5.11 Å². The van der Waals surface area contributed by atoms with Crippen LogP contribution in [0.2, 0.25) is 0 Å². The van der Waals surface area contributed by atoms with Crippen molar-refractivity contribution in [2.45, 2.75) is 13.0 Å². The molecule has 0 amide bonds. The molecule has 3 rings (SSSR count). The van der Waals surface area contributed by atoms with Gasteiger partial charge in [-0.15, -0.1) is 5.10 Å². The summed E-state index contributed by atoms with van der Waals surface area (Å²) in [6.07, 6.45) is 1.68. The number of nitrogens with zero attached hydrogens (tertiary/aromatic N) is 2. The Labute approximate surface area is 114 Å². The van der Waals surface area contributed by atoms with Gasteiger partial charge in [0.2, 0.25) is 0 Å². The smallest absolute Gasteiger partial charge is 0.130 e. The van der Waals surface area contributed by atoms with Gasteiger partial charge in [-0.05, 0) is 12.3 Å². The fourth-order valence-electron chi connectivity index (χ4n) is 2.14. The van der Waals surface area contributed by atoms with Gasteiger partial charge in [-0.25, -0.2) is 0 Å². The Bertz CT molecular complexity index is 697. The number of phenols is 1. The van der Waals surface area contributed by atoms with Crippen molar-refractivity contribution in [3.8, 4) is 5.75 Å². The molecule has 2 aromatic carbocycles. The molecule has 5 heteroatoms. The Hall–Kier alpha value is -2.14. The molecule has 19 heavy (non-hydrogen) atoms. The van der Waals surface area contributed by atoms with Gasteiger partial charge in [-0.3, -0.25) is 0 Å². The van der Waals surface area contributed by atoms with Crippen molar-refractivity contribution in [3.63, 3.8) is 0 Å². The molecule has 3 aromatic rings. The molecule has 4 nitrogen and oxygen atoms in total. The number of anilines is 1. The van der Waals surface area contributed by atoms with Crippen molar-refractivity contribution in [1.82, 2.24) is 9.59 Å². The van der Waals surface area contributed by atoms with E-state index in [1.165, 1.54) is 11.5 Å². The maximum absolute atomic E-state index is 10.4. The molecule has 1 atom stereocenters. The number of aromatic hydroxyl groups is 1. The van der Waals surface area contributed by atoms with Gasteiger partial charge in [-0.1, -0.05) is 40.9 Å². The Morgan fingerprint density at radius 1 is 1.21 bits per heavy atom. The summed E-state index contributed by atoms with van der Waals surface area (Å²) in [4.78, 5) is 0. The Morgan fingerprint density at radius 3 is 2.84 bits per heavy atom. The lowest BCUT2D eigenvalue weighted by Crippen LogP contribution is -2.05. The topological polar surface area (TPSA) is 58.0 Å². The highest BCUT2D eigenvalue weighted by Crippen LogP contribution is 2.33. The van der Waals surface area contributed by atoms with E-state index in [0.717, 1.165) is 21.3 Å². The van der Waals surface area contributed by atoms with Crippen LogP contribution in [0.4, 0.5) is 5.00 Å². The monoisotopic (exact) mass is 271 g/mol. The van der Waals surface area contributed by atoms with Crippen LogP contribution in [0.15, 0.2) is 42.6 Å². The number of aromatic nitrogens is 2. The summed E-state index contributed by atoms with van der Waals surface area (Å²) < 4.78 is 3.81. The SMILES string of the molecule is CC(Nc1cnns1)c1ccc2ccccc2c1O. The summed E-state index contributed by atoms with van der Waals surface area (Å²) in [5.74, 6) is 0.329. The first-order chi connectivity index (χ1) is 9.25. The van der Waals surface area contributed by atoms with Gasteiger partial charge in [0.05, 0.1) is 12.2 Å². The van der Waals surface area contributed by atoms with E-state index < -0.39 is 0 Å². The molecular weight excluding hydrogens is 258 g/mol. The van der Waals surface area contributed by atoms with Crippen molar-refractivity contribution in [1.29, 1.82) is 0 Å². The van der Waals surface area contributed by atoms with Crippen LogP contribution >= 0.6 is 11.5 Å². The van der Waals surface area contributed by atoms with Gasteiger partial charge in [0.15, 0.2) is 0 Å². The fourth-order valence-corrected chi connectivity index (χ4v) is 2.65. The molecule has 0 radical (unpaired) electrons. The normalized spacial score (nSPS) is 12.5. The minimum absolute atomic E-state index is 0.00754. The van der Waals surface area contributed by atoms with Crippen LogP contribution in [0, 0.1) is 0 Å². The summed E-state index contributed by atoms with van der Waals surface area (Å²) in [7, 11) is 0. The molecule has 0 saturated heterocycles. The van der Waals surface area contributed by atoms with Crippen LogP contribution in [0.3, 0.4) is 0 Å². The largest absolute Gasteiger partial charge is 0.507 e. The van der Waals surface area contributed by atoms with E-state index in [4.69, 9.17) is 0 Å². The Morgan fingerprint density at radius 2 is 2.05 bits per heavy atom. The highest BCUT2D eigenvalue weighted by atomic mass is 32.1. The standard InChI is InChI=1S/C14H13N3OS/c1-9(16-13-8-15-17-19-13)11-7-6-10-4-2-3-5-12(10)14(11)18/h2-9,16,18H,1H3. The zero-order chi connectivity index (χ0) is 13.2. The number of rotatable bonds is 3. The summed E-state index contributed by atoms with van der Waals surface area (Å²) >= 11 is 1.30. The lowest BCUT2D eigenvalue weighted by Gasteiger charge is -2.16. The van der Waals surface area contributed by atoms with E-state index in [2.05, 4.69) is 14.9 Å². The van der Waals surface area contributed by atoms with Crippen LogP contribution in [0.5, 0.6) is 5.75 Å². The molecule has 1 aromatic heterocycles. The number of hydrogen-bond acceptors (Lipinski definition) is 5. The van der Waals surface area contributed by atoms with Crippen molar-refractivity contribution in [2.24, 2.45) is 0 Å². The molecule has 0 bridgehead atoms. The van der Waals surface area contributed by atoms with Crippen LogP contribution in [0.1, 0.15) is 18.5 Å². The lowest BCUT2D eigenvalue weighted by molar-refractivity contribution is 0.472. The zero-order valence-corrected chi connectivity index (χ0v) is 11.2. The van der Waals surface area contributed by atoms with Crippen molar-refractivity contribution < 1.29 is 5.11 Å². The second-order valence-corrected chi connectivity index (χ2v) is 5.16. The van der Waals surface area contributed by atoms with Gasteiger partial charge in [0.25, 0.3) is 0 Å². The minimum Gasteiger partial charge on any atom is -0.507 e. The fraction of sp³-hybridized carbons (Fsp3) is 0.143. The van der Waals surface area contributed by atoms with Gasteiger partial charge < -0.3 is 10.4 Å². The van der Waals surface area contributed by atoms with Crippen LogP contribution in [0.25, 0.3) is 10.8 Å². The maximum atomic E-state index is 10.4. The molecule has 0 aliphatic carbocycles. The Kier molecular flexibility index (Phi) is 3.05. The van der Waals surface area contributed by atoms with E-state index in [0.29, 0.717) is 5.75 Å². The van der Waals surface area contributed by atoms with Crippen LogP contribution < -0.4 is 5.32 Å². The molecule has 0 spiro atoms. The third-order valence-electron chi connectivity index (χ3n) is 3.12. The minimum atomic E-state index is -0.00754. The number of nitrogens with one attached hydrogen (secondary N) is 1. The zero-order valence-electron chi connectivity index (χ0n) is 10.4.